The molecule has 6 nitrogen and oxygen atoms in total. The number of carbonyl (C=O) groups excluding carboxylic acids is 1. The maximum atomic E-state index is 12.6. The van der Waals surface area contributed by atoms with Crippen molar-refractivity contribution in [1.82, 2.24) is 15.0 Å². The molecule has 3 aromatic rings. The van der Waals surface area contributed by atoms with Crippen LogP contribution in [0, 0.1) is 0 Å². The molecule has 0 unspecified atom stereocenters. The first-order valence-electron chi connectivity index (χ1n) is 8.57. The third-order valence-electron chi connectivity index (χ3n) is 4.55. The zero-order valence-electron chi connectivity index (χ0n) is 14.3. The summed E-state index contributed by atoms with van der Waals surface area (Å²) in [7, 11) is 0. The van der Waals surface area contributed by atoms with Crippen molar-refractivity contribution >= 4 is 17.4 Å². The average Bonchev–Trinajstić information content (AvgIpc) is 2.68. The Balaban J connectivity index is 1.53. The molecule has 0 aliphatic carbocycles. The fourth-order valence-electron chi connectivity index (χ4n) is 3.19. The third kappa shape index (κ3) is 3.39. The van der Waals surface area contributed by atoms with Gasteiger partial charge in [-0.05, 0) is 17.7 Å². The topological polar surface area (TPSA) is 85.0 Å². The lowest BCUT2D eigenvalue weighted by atomic mass is 10.0. The molecule has 1 aliphatic heterocycles. The Morgan fingerprint density at radius 3 is 2.85 bits per heavy atom. The molecule has 0 spiro atoms. The highest BCUT2D eigenvalue weighted by atomic mass is 16.1. The molecule has 2 aromatic heterocycles. The number of pyridine rings is 1. The molecule has 6 heteroatoms. The van der Waals surface area contributed by atoms with Crippen LogP contribution >= 0.6 is 0 Å². The average molecular weight is 345 g/mol. The van der Waals surface area contributed by atoms with E-state index in [0.717, 1.165) is 35.5 Å². The Bertz CT molecular complexity index is 942. The number of nitrogens with two attached hydrogens (primary N) is 1. The highest BCUT2D eigenvalue weighted by molar-refractivity contribution is 5.96. The summed E-state index contributed by atoms with van der Waals surface area (Å²) in [6.07, 6.45) is 4.64. The number of hydrogen-bond acceptors (Lipinski definition) is 6. The summed E-state index contributed by atoms with van der Waals surface area (Å²) in [6.45, 7) is 1.52. The Morgan fingerprint density at radius 2 is 2.00 bits per heavy atom. The monoisotopic (exact) mass is 345 g/mol. The molecule has 1 aliphatic rings. The van der Waals surface area contributed by atoms with Crippen LogP contribution in [0.3, 0.4) is 0 Å². The molecule has 0 saturated carbocycles. The number of rotatable bonds is 4. The minimum Gasteiger partial charge on any atom is -0.368 e. The molecule has 1 aromatic carbocycles. The Morgan fingerprint density at radius 1 is 1.15 bits per heavy atom. The molecule has 0 saturated heterocycles. The van der Waals surface area contributed by atoms with Crippen molar-refractivity contribution in [2.75, 3.05) is 17.2 Å². The Labute approximate surface area is 151 Å². The van der Waals surface area contributed by atoms with Crippen LogP contribution in [0.4, 0.5) is 11.6 Å². The molecule has 0 bridgehead atoms. The normalized spacial score (nSPS) is 13.3. The van der Waals surface area contributed by atoms with Gasteiger partial charge in [0.15, 0.2) is 5.78 Å². The molecule has 130 valence electrons. The van der Waals surface area contributed by atoms with Crippen molar-refractivity contribution in [1.29, 1.82) is 0 Å². The predicted octanol–water partition coefficient (Wildman–Crippen LogP) is 2.44. The standard InChI is InChI=1S/C20H19N5O/c21-20-23-12-15-13-25(9-7-17(15)24-20)16-6-8-22-18(11-16)19(26)10-14-4-2-1-3-5-14/h1-6,8,11-12H,7,9-10,13H2,(H2,21,23,24). The molecule has 0 fully saturated rings. The molecule has 0 radical (unpaired) electrons. The van der Waals surface area contributed by atoms with Gasteiger partial charge in [0.05, 0.1) is 5.69 Å². The van der Waals surface area contributed by atoms with Crippen LogP contribution in [0.15, 0.2) is 54.9 Å². The molecule has 2 N–H and O–H groups in total. The molecule has 26 heavy (non-hydrogen) atoms. The van der Waals surface area contributed by atoms with Crippen molar-refractivity contribution in [2.24, 2.45) is 0 Å². The van der Waals surface area contributed by atoms with Gasteiger partial charge in [-0.1, -0.05) is 30.3 Å². The van der Waals surface area contributed by atoms with Crippen LogP contribution in [0.2, 0.25) is 0 Å². The maximum Gasteiger partial charge on any atom is 0.220 e. The van der Waals surface area contributed by atoms with Gasteiger partial charge < -0.3 is 10.6 Å². The van der Waals surface area contributed by atoms with Crippen molar-refractivity contribution in [3.63, 3.8) is 0 Å². The van der Waals surface area contributed by atoms with E-state index in [2.05, 4.69) is 19.9 Å². The van der Waals surface area contributed by atoms with Crippen molar-refractivity contribution in [3.8, 4) is 0 Å². The van der Waals surface area contributed by atoms with Crippen molar-refractivity contribution in [2.45, 2.75) is 19.4 Å². The summed E-state index contributed by atoms with van der Waals surface area (Å²) in [4.78, 5) is 27.4. The van der Waals surface area contributed by atoms with E-state index in [9.17, 15) is 4.79 Å². The first-order chi connectivity index (χ1) is 12.7. The summed E-state index contributed by atoms with van der Waals surface area (Å²) < 4.78 is 0. The fraction of sp³-hybridized carbons (Fsp3) is 0.200. The minimum absolute atomic E-state index is 0.0200. The van der Waals surface area contributed by atoms with E-state index in [1.165, 1.54) is 0 Å². The van der Waals surface area contributed by atoms with Crippen LogP contribution in [0.1, 0.15) is 27.3 Å². The quantitative estimate of drug-likeness (QED) is 0.731. The lowest BCUT2D eigenvalue weighted by Gasteiger charge is -2.30. The summed E-state index contributed by atoms with van der Waals surface area (Å²) in [5.41, 5.74) is 10.2. The third-order valence-corrected chi connectivity index (χ3v) is 4.55. The SMILES string of the molecule is Nc1ncc2c(n1)CCN(c1ccnc(C(=O)Cc3ccccc3)c1)C2. The van der Waals surface area contributed by atoms with Crippen molar-refractivity contribution in [3.05, 3.63) is 77.4 Å². The van der Waals surface area contributed by atoms with Gasteiger partial charge in [0, 0.05) is 49.6 Å². The second-order valence-corrected chi connectivity index (χ2v) is 6.36. The highest BCUT2D eigenvalue weighted by Crippen LogP contribution is 2.24. The van der Waals surface area contributed by atoms with Crippen LogP contribution in [0.5, 0.6) is 0 Å². The van der Waals surface area contributed by atoms with E-state index >= 15 is 0 Å². The van der Waals surface area contributed by atoms with E-state index in [0.29, 0.717) is 24.6 Å². The van der Waals surface area contributed by atoms with Gasteiger partial charge in [-0.15, -0.1) is 0 Å². The van der Waals surface area contributed by atoms with Gasteiger partial charge in [0.25, 0.3) is 0 Å². The summed E-state index contributed by atoms with van der Waals surface area (Å²) in [5, 5.41) is 0. The number of nitrogens with zero attached hydrogens (tertiary/aromatic N) is 4. The lowest BCUT2D eigenvalue weighted by Crippen LogP contribution is -2.31. The zero-order chi connectivity index (χ0) is 17.9. The smallest absolute Gasteiger partial charge is 0.220 e. The van der Waals surface area contributed by atoms with Gasteiger partial charge in [-0.25, -0.2) is 9.97 Å². The van der Waals surface area contributed by atoms with E-state index in [1.54, 1.807) is 12.4 Å². The maximum absolute atomic E-state index is 12.6. The fourth-order valence-corrected chi connectivity index (χ4v) is 3.19. The second-order valence-electron chi connectivity index (χ2n) is 6.36. The number of fused-ring (bicyclic) bond motifs is 1. The Hall–Kier alpha value is -3.28. The number of aromatic nitrogens is 3. The van der Waals surface area contributed by atoms with Gasteiger partial charge in [-0.3, -0.25) is 9.78 Å². The molecular weight excluding hydrogens is 326 g/mol. The highest BCUT2D eigenvalue weighted by Gasteiger charge is 2.19. The summed E-state index contributed by atoms with van der Waals surface area (Å²) in [5.74, 6) is 0.335. The number of nitrogen functional groups attached to an aromatic ring is 1. The molecule has 0 atom stereocenters. The van der Waals surface area contributed by atoms with Crippen LogP contribution in [-0.2, 0) is 19.4 Å². The lowest BCUT2D eigenvalue weighted by molar-refractivity contribution is 0.0988. The van der Waals surface area contributed by atoms with Gasteiger partial charge >= 0.3 is 0 Å². The number of ketones is 1. The Kier molecular flexibility index (Phi) is 4.31. The first kappa shape index (κ1) is 16.2. The molecular formula is C20H19N5O. The van der Waals surface area contributed by atoms with Crippen LogP contribution in [-0.4, -0.2) is 27.3 Å². The van der Waals surface area contributed by atoms with Gasteiger partial charge in [0.1, 0.15) is 5.69 Å². The second kappa shape index (κ2) is 6.92. The van der Waals surface area contributed by atoms with Gasteiger partial charge in [0.2, 0.25) is 5.95 Å². The van der Waals surface area contributed by atoms with Crippen LogP contribution < -0.4 is 10.6 Å². The van der Waals surface area contributed by atoms with E-state index in [4.69, 9.17) is 5.73 Å². The van der Waals surface area contributed by atoms with E-state index in [-0.39, 0.29) is 5.78 Å². The molecule has 0 amide bonds. The number of benzene rings is 1. The predicted molar refractivity (Wildman–Crippen MR) is 99.9 cm³/mol. The first-order valence-corrected chi connectivity index (χ1v) is 8.57. The largest absolute Gasteiger partial charge is 0.368 e. The van der Waals surface area contributed by atoms with Crippen molar-refractivity contribution < 1.29 is 4.79 Å². The number of Topliss-reactive ketones (excluding diaryl/α,β-unsaturated/α-hetero) is 1. The van der Waals surface area contributed by atoms with Gasteiger partial charge in [-0.2, -0.15) is 0 Å². The van der Waals surface area contributed by atoms with E-state index < -0.39 is 0 Å². The summed E-state index contributed by atoms with van der Waals surface area (Å²) >= 11 is 0. The molecule has 4 rings (SSSR count). The molecule has 3 heterocycles. The number of anilines is 2. The number of hydrogen-bond donors (Lipinski definition) is 1. The van der Waals surface area contributed by atoms with E-state index in [1.807, 2.05) is 42.5 Å². The zero-order valence-corrected chi connectivity index (χ0v) is 14.3. The minimum atomic E-state index is 0.0200. The van der Waals surface area contributed by atoms with Crippen LogP contribution in [0.25, 0.3) is 0 Å². The number of carbonyl (C=O) groups is 1. The summed E-state index contributed by atoms with van der Waals surface area (Å²) in [6, 6.07) is 13.5.